The summed E-state index contributed by atoms with van der Waals surface area (Å²) < 4.78 is 11.5. The molecule has 2 heterocycles. The van der Waals surface area contributed by atoms with Crippen LogP contribution in [0, 0.1) is 0 Å². The molecule has 0 radical (unpaired) electrons. The van der Waals surface area contributed by atoms with Gasteiger partial charge in [-0.3, -0.25) is 23.4 Å². The lowest BCUT2D eigenvalue weighted by atomic mass is 10.1. The van der Waals surface area contributed by atoms with Crippen molar-refractivity contribution in [3.05, 3.63) is 0 Å². The van der Waals surface area contributed by atoms with E-state index in [1.165, 1.54) is 0 Å². The lowest BCUT2D eigenvalue weighted by Crippen LogP contribution is -2.42. The van der Waals surface area contributed by atoms with E-state index in [-0.39, 0.29) is 51.4 Å². The highest BCUT2D eigenvalue weighted by Gasteiger charge is 2.40. The third-order valence-corrected chi connectivity index (χ3v) is 7.68. The van der Waals surface area contributed by atoms with E-state index < -0.39 is 55.9 Å². The molecule has 2 saturated heterocycles. The Morgan fingerprint density at radius 3 is 1.28 bits per heavy atom. The van der Waals surface area contributed by atoms with Gasteiger partial charge in [0.05, 0.1) is 0 Å². The Morgan fingerprint density at radius 2 is 1.00 bits per heavy atom. The van der Waals surface area contributed by atoms with Crippen LogP contribution in [-0.4, -0.2) is 59.4 Å². The van der Waals surface area contributed by atoms with Crippen LogP contribution in [-0.2, 0) is 49.2 Å². The van der Waals surface area contributed by atoms with E-state index in [1.54, 1.807) is 27.7 Å². The smallest absolute Gasteiger partial charge is 0.330 e. The number of nitrogens with zero attached hydrogens (tertiary/aromatic N) is 2. The predicted octanol–water partition coefficient (Wildman–Crippen LogP) is 1.07. The summed E-state index contributed by atoms with van der Waals surface area (Å²) in [4.78, 5) is 79.9. The Morgan fingerprint density at radius 1 is 0.719 bits per heavy atom. The number of hydroxylamine groups is 4. The van der Waals surface area contributed by atoms with E-state index >= 15 is 0 Å². The number of carbonyl (C=O) groups excluding carboxylic acids is 6. The third-order valence-electron chi connectivity index (χ3n) is 5.26. The fourth-order valence-electron chi connectivity index (χ4n) is 3.35. The number of rotatable bonds is 10. The summed E-state index contributed by atoms with van der Waals surface area (Å²) in [7, 11) is -1.52. The maximum Gasteiger partial charge on any atom is 0.333 e. The van der Waals surface area contributed by atoms with Crippen LogP contribution in [0.15, 0.2) is 0 Å². The highest BCUT2D eigenvalue weighted by Crippen LogP contribution is 2.32. The maximum absolute atomic E-state index is 13.2. The van der Waals surface area contributed by atoms with Crippen molar-refractivity contribution in [2.75, 3.05) is 0 Å². The number of amides is 4. The van der Waals surface area contributed by atoms with Crippen LogP contribution in [0.1, 0.15) is 79.1 Å². The van der Waals surface area contributed by atoms with Crippen molar-refractivity contribution in [2.24, 2.45) is 0 Å². The average molecular weight is 473 g/mol. The van der Waals surface area contributed by atoms with Crippen LogP contribution in [0.25, 0.3) is 0 Å². The Bertz CT molecular complexity index is 765. The first-order valence-corrected chi connectivity index (χ1v) is 11.4. The van der Waals surface area contributed by atoms with Gasteiger partial charge in [0.25, 0.3) is 23.6 Å². The summed E-state index contributed by atoms with van der Waals surface area (Å²) in [5.74, 6) is -3.85. The van der Waals surface area contributed by atoms with Gasteiger partial charge < -0.3 is 9.68 Å². The van der Waals surface area contributed by atoms with Crippen LogP contribution < -0.4 is 0 Å². The molecule has 2 aliphatic rings. The topological polar surface area (TPSA) is 144 Å². The van der Waals surface area contributed by atoms with E-state index in [1.807, 2.05) is 0 Å². The molecule has 0 unspecified atom stereocenters. The lowest BCUT2D eigenvalue weighted by Gasteiger charge is -2.34. The van der Waals surface area contributed by atoms with Crippen molar-refractivity contribution in [2.45, 2.75) is 88.6 Å². The van der Waals surface area contributed by atoms with Gasteiger partial charge in [0.1, 0.15) is 0 Å². The largest absolute Gasteiger partial charge is 0.333 e. The molecule has 4 amide bonds. The molecule has 0 aliphatic carbocycles. The maximum atomic E-state index is 13.2. The Kier molecular flexibility index (Phi) is 7.92. The van der Waals surface area contributed by atoms with Gasteiger partial charge in [-0.15, -0.1) is 10.1 Å². The quantitative estimate of drug-likeness (QED) is 0.426. The van der Waals surface area contributed by atoms with Crippen LogP contribution in [0.3, 0.4) is 0 Å². The van der Waals surface area contributed by atoms with Crippen LogP contribution in [0.2, 0.25) is 0 Å². The SMILES string of the molecule is CC(C)(CCC(=O)ON1C(=O)CCC1=O)S(=O)C(C)(C)CCC(=O)ON1C(=O)CCC1=O. The highest BCUT2D eigenvalue weighted by atomic mass is 32.2. The first-order valence-electron chi connectivity index (χ1n) is 10.3. The minimum atomic E-state index is -1.52. The van der Waals surface area contributed by atoms with Crippen molar-refractivity contribution in [3.8, 4) is 0 Å². The standard InChI is InChI=1S/C20H28N2O9S/c1-19(2,11-9-17(27)30-21-13(23)5-6-14(21)24)32(29)20(3,4)12-10-18(28)31-22-15(25)7-8-16(22)26/h5-12H2,1-4H3. The molecule has 12 heteroatoms. The molecule has 178 valence electrons. The molecule has 0 bridgehead atoms. The molecule has 32 heavy (non-hydrogen) atoms. The zero-order valence-corrected chi connectivity index (χ0v) is 19.5. The Labute approximate surface area is 188 Å². The van der Waals surface area contributed by atoms with E-state index in [4.69, 9.17) is 9.68 Å². The Hall–Kier alpha value is -2.63. The van der Waals surface area contributed by atoms with Gasteiger partial charge in [-0.05, 0) is 40.5 Å². The third kappa shape index (κ3) is 6.21. The molecule has 11 nitrogen and oxygen atoms in total. The molecule has 2 rings (SSSR count). The van der Waals surface area contributed by atoms with Gasteiger partial charge in [0.2, 0.25) is 0 Å². The average Bonchev–Trinajstić information content (AvgIpc) is 3.20. The molecule has 0 aromatic heterocycles. The number of carbonyl (C=O) groups is 6. The lowest BCUT2D eigenvalue weighted by molar-refractivity contribution is -0.197. The van der Waals surface area contributed by atoms with E-state index in [9.17, 15) is 33.0 Å². The normalized spacial score (nSPS) is 17.5. The van der Waals surface area contributed by atoms with Gasteiger partial charge >= 0.3 is 11.9 Å². The molecule has 0 saturated carbocycles. The number of hydrogen-bond donors (Lipinski definition) is 0. The highest BCUT2D eigenvalue weighted by molar-refractivity contribution is 7.87. The second kappa shape index (κ2) is 9.88. The van der Waals surface area contributed by atoms with Crippen molar-refractivity contribution >= 4 is 46.4 Å². The summed E-state index contributed by atoms with van der Waals surface area (Å²) in [6.07, 6.45) is -0.0217. The zero-order valence-electron chi connectivity index (χ0n) is 18.6. The summed E-state index contributed by atoms with van der Waals surface area (Å²) in [5.41, 5.74) is 0. The van der Waals surface area contributed by atoms with Crippen LogP contribution in [0.5, 0.6) is 0 Å². The molecular formula is C20H28N2O9S. The second-order valence-corrected chi connectivity index (χ2v) is 11.6. The summed E-state index contributed by atoms with van der Waals surface area (Å²) in [6, 6.07) is 0. The molecule has 0 atom stereocenters. The van der Waals surface area contributed by atoms with Crippen molar-refractivity contribution in [1.82, 2.24) is 10.1 Å². The van der Waals surface area contributed by atoms with E-state index in [0.29, 0.717) is 10.1 Å². The van der Waals surface area contributed by atoms with Gasteiger partial charge in [-0.1, -0.05) is 0 Å². The second-order valence-electron chi connectivity index (χ2n) is 8.88. The summed E-state index contributed by atoms with van der Waals surface area (Å²) >= 11 is 0. The molecular weight excluding hydrogens is 444 g/mol. The predicted molar refractivity (Wildman–Crippen MR) is 109 cm³/mol. The summed E-state index contributed by atoms with van der Waals surface area (Å²) in [6.45, 7) is 6.79. The molecule has 2 fully saturated rings. The molecule has 0 N–H and O–H groups in total. The van der Waals surface area contributed by atoms with Crippen LogP contribution in [0.4, 0.5) is 0 Å². The van der Waals surface area contributed by atoms with Gasteiger partial charge in [-0.2, -0.15) is 0 Å². The van der Waals surface area contributed by atoms with Gasteiger partial charge in [0, 0.05) is 58.8 Å². The number of hydrogen-bond acceptors (Lipinski definition) is 9. The Balaban J connectivity index is 1.85. The first kappa shape index (κ1) is 25.6. The summed E-state index contributed by atoms with van der Waals surface area (Å²) in [5, 5.41) is 0.940. The molecule has 2 aliphatic heterocycles. The van der Waals surface area contributed by atoms with Crippen molar-refractivity contribution in [3.63, 3.8) is 0 Å². The van der Waals surface area contributed by atoms with Crippen molar-refractivity contribution < 1.29 is 42.7 Å². The minimum absolute atomic E-state index is 0.00166. The monoisotopic (exact) mass is 472 g/mol. The zero-order chi connectivity index (χ0) is 24.3. The number of imide groups is 2. The molecule has 0 aromatic rings. The van der Waals surface area contributed by atoms with E-state index in [2.05, 4.69) is 0 Å². The van der Waals surface area contributed by atoms with Gasteiger partial charge in [-0.25, -0.2) is 9.59 Å². The van der Waals surface area contributed by atoms with E-state index in [0.717, 1.165) is 0 Å². The fourth-order valence-corrected chi connectivity index (χ4v) is 5.42. The first-order chi connectivity index (χ1) is 14.7. The minimum Gasteiger partial charge on any atom is -0.330 e. The molecule has 0 aromatic carbocycles. The van der Waals surface area contributed by atoms with Gasteiger partial charge in [0.15, 0.2) is 0 Å². The fraction of sp³-hybridized carbons (Fsp3) is 0.700. The molecule has 0 spiro atoms. The van der Waals surface area contributed by atoms with Crippen molar-refractivity contribution in [1.29, 1.82) is 0 Å². The van der Waals surface area contributed by atoms with Crippen LogP contribution >= 0.6 is 0 Å².